The average Bonchev–Trinajstić information content (AvgIpc) is 3.28. The third-order valence-corrected chi connectivity index (χ3v) is 6.61. The van der Waals surface area contributed by atoms with Crippen molar-refractivity contribution in [2.24, 2.45) is 0 Å². The van der Waals surface area contributed by atoms with Gasteiger partial charge in [-0.15, -0.1) is 0 Å². The van der Waals surface area contributed by atoms with E-state index in [0.29, 0.717) is 5.56 Å². The van der Waals surface area contributed by atoms with Gasteiger partial charge in [-0.1, -0.05) is 75.8 Å². The molecule has 1 amide bonds. The zero-order chi connectivity index (χ0) is 22.9. The highest BCUT2D eigenvalue weighted by atomic mass is 16.3. The van der Waals surface area contributed by atoms with Crippen molar-refractivity contribution in [3.8, 4) is 22.6 Å². The molecule has 0 aromatic heterocycles. The summed E-state index contributed by atoms with van der Waals surface area (Å²) in [6.45, 7) is 4.24. The molecule has 3 rings (SSSR count). The van der Waals surface area contributed by atoms with Crippen molar-refractivity contribution in [3.63, 3.8) is 0 Å². The lowest BCUT2D eigenvalue weighted by atomic mass is 10.0. The van der Waals surface area contributed by atoms with E-state index < -0.39 is 0 Å². The number of hydrogen-bond acceptors (Lipinski definition) is 4. The minimum atomic E-state index is -0.347. The molecule has 1 saturated heterocycles. The number of likely N-dealkylation sites (tertiary alicyclic amines) is 1. The largest absolute Gasteiger partial charge is 0.504 e. The van der Waals surface area contributed by atoms with Gasteiger partial charge in [0.05, 0.1) is 11.7 Å². The number of amides is 1. The fraction of sp³-hybridized carbons (Fsp3) is 0.519. The van der Waals surface area contributed by atoms with Gasteiger partial charge in [0.1, 0.15) is 0 Å². The van der Waals surface area contributed by atoms with Crippen LogP contribution in [0.4, 0.5) is 0 Å². The summed E-state index contributed by atoms with van der Waals surface area (Å²) in [6, 6.07) is 12.7. The van der Waals surface area contributed by atoms with Crippen LogP contribution in [0.1, 0.15) is 75.1 Å². The number of phenolic OH excluding ortho intramolecular Hbond substituents is 2. The van der Waals surface area contributed by atoms with Crippen molar-refractivity contribution in [2.75, 3.05) is 20.1 Å². The minimum absolute atomic E-state index is 0.0398. The van der Waals surface area contributed by atoms with E-state index in [1.807, 2.05) is 30.3 Å². The first-order chi connectivity index (χ1) is 15.5. The quantitative estimate of drug-likeness (QED) is 0.333. The Morgan fingerprint density at radius 2 is 1.66 bits per heavy atom. The predicted molar refractivity (Wildman–Crippen MR) is 130 cm³/mol. The molecular weight excluding hydrogens is 400 g/mol. The summed E-state index contributed by atoms with van der Waals surface area (Å²) >= 11 is 0. The number of hydrogen-bond donors (Lipinski definition) is 2. The number of carbonyl (C=O) groups excluding carboxylic acids is 1. The van der Waals surface area contributed by atoms with Crippen LogP contribution >= 0.6 is 0 Å². The van der Waals surface area contributed by atoms with Crippen LogP contribution in [0.2, 0.25) is 0 Å². The average molecular weight is 439 g/mol. The van der Waals surface area contributed by atoms with E-state index in [-0.39, 0.29) is 29.1 Å². The smallest absolute Gasteiger partial charge is 0.258 e. The van der Waals surface area contributed by atoms with Gasteiger partial charge in [-0.25, -0.2) is 0 Å². The van der Waals surface area contributed by atoms with Crippen molar-refractivity contribution < 1.29 is 15.0 Å². The lowest BCUT2D eigenvalue weighted by Crippen LogP contribution is -2.45. The molecule has 5 heteroatoms. The molecule has 2 aromatic rings. The van der Waals surface area contributed by atoms with Gasteiger partial charge in [0.2, 0.25) is 0 Å². The number of carbonyl (C=O) groups is 1. The van der Waals surface area contributed by atoms with Crippen molar-refractivity contribution in [1.29, 1.82) is 0 Å². The summed E-state index contributed by atoms with van der Waals surface area (Å²) in [5.41, 5.74) is 1.46. The zero-order valence-electron chi connectivity index (χ0n) is 19.6. The Bertz CT molecular complexity index is 869. The predicted octanol–water partition coefficient (Wildman–Crippen LogP) is 6.01. The summed E-state index contributed by atoms with van der Waals surface area (Å²) < 4.78 is 0. The van der Waals surface area contributed by atoms with Crippen LogP contribution in [0, 0.1) is 0 Å². The van der Waals surface area contributed by atoms with Crippen LogP contribution < -0.4 is 0 Å². The molecule has 1 unspecified atom stereocenters. The molecule has 2 N–H and O–H groups in total. The van der Waals surface area contributed by atoms with Crippen LogP contribution in [0.25, 0.3) is 11.1 Å². The van der Waals surface area contributed by atoms with Crippen molar-refractivity contribution in [1.82, 2.24) is 9.80 Å². The molecule has 32 heavy (non-hydrogen) atoms. The van der Waals surface area contributed by atoms with Gasteiger partial charge in [-0.2, -0.15) is 0 Å². The summed E-state index contributed by atoms with van der Waals surface area (Å²) in [6.07, 6.45) is 11.0. The lowest BCUT2D eigenvalue weighted by molar-refractivity contribution is 0.0529. The Morgan fingerprint density at radius 3 is 2.38 bits per heavy atom. The molecule has 0 aliphatic carbocycles. The number of aromatic hydroxyl groups is 2. The summed E-state index contributed by atoms with van der Waals surface area (Å²) in [7, 11) is 1.80. The SMILES string of the molecule is CCCCCCCCCN1CCCC1N(C)C(=O)c1ccc(-c2ccccc2)c(O)c1O. The van der Waals surface area contributed by atoms with E-state index in [2.05, 4.69) is 11.8 Å². The Morgan fingerprint density at radius 1 is 0.969 bits per heavy atom. The van der Waals surface area contributed by atoms with Gasteiger partial charge in [0.15, 0.2) is 11.5 Å². The van der Waals surface area contributed by atoms with E-state index in [1.54, 1.807) is 24.1 Å². The van der Waals surface area contributed by atoms with Gasteiger partial charge >= 0.3 is 0 Å². The van der Waals surface area contributed by atoms with Crippen LogP contribution in [0.5, 0.6) is 11.5 Å². The molecule has 1 aliphatic heterocycles. The maximum Gasteiger partial charge on any atom is 0.258 e. The maximum absolute atomic E-state index is 13.2. The molecule has 174 valence electrons. The second-order valence-corrected chi connectivity index (χ2v) is 8.92. The Hall–Kier alpha value is -2.53. The van der Waals surface area contributed by atoms with E-state index in [9.17, 15) is 15.0 Å². The first-order valence-electron chi connectivity index (χ1n) is 12.2. The van der Waals surface area contributed by atoms with Crippen LogP contribution in [0.3, 0.4) is 0 Å². The van der Waals surface area contributed by atoms with E-state index in [0.717, 1.165) is 37.9 Å². The van der Waals surface area contributed by atoms with Gasteiger partial charge < -0.3 is 15.1 Å². The molecule has 0 bridgehead atoms. The fourth-order valence-electron chi connectivity index (χ4n) is 4.71. The number of phenols is 2. The monoisotopic (exact) mass is 438 g/mol. The molecule has 0 saturated carbocycles. The Balaban J connectivity index is 1.61. The first-order valence-corrected chi connectivity index (χ1v) is 12.2. The molecule has 0 radical (unpaired) electrons. The van der Waals surface area contributed by atoms with Crippen LogP contribution in [-0.4, -0.2) is 52.2 Å². The second kappa shape index (κ2) is 11.9. The molecule has 1 heterocycles. The van der Waals surface area contributed by atoms with Crippen molar-refractivity contribution in [3.05, 3.63) is 48.0 Å². The van der Waals surface area contributed by atoms with Crippen LogP contribution in [-0.2, 0) is 0 Å². The third-order valence-electron chi connectivity index (χ3n) is 6.61. The van der Waals surface area contributed by atoms with Gasteiger partial charge in [-0.3, -0.25) is 9.69 Å². The number of benzene rings is 2. The zero-order valence-corrected chi connectivity index (χ0v) is 19.6. The van der Waals surface area contributed by atoms with E-state index in [4.69, 9.17) is 0 Å². The molecule has 1 aliphatic rings. The molecule has 2 aromatic carbocycles. The van der Waals surface area contributed by atoms with E-state index >= 15 is 0 Å². The normalized spacial score (nSPS) is 16.4. The topological polar surface area (TPSA) is 64.0 Å². The maximum atomic E-state index is 13.2. The second-order valence-electron chi connectivity index (χ2n) is 8.92. The van der Waals surface area contributed by atoms with Gasteiger partial charge in [0.25, 0.3) is 5.91 Å². The first kappa shape index (κ1) is 24.1. The minimum Gasteiger partial charge on any atom is -0.504 e. The highest BCUT2D eigenvalue weighted by Gasteiger charge is 2.32. The number of rotatable bonds is 11. The van der Waals surface area contributed by atoms with Gasteiger partial charge in [0, 0.05) is 25.7 Å². The molecule has 5 nitrogen and oxygen atoms in total. The summed E-state index contributed by atoms with van der Waals surface area (Å²) in [4.78, 5) is 17.3. The standard InChI is InChI=1S/C27H38N2O3/c1-3-4-5-6-7-8-12-19-29-20-13-16-24(29)28(2)27(32)23-18-17-22(25(30)26(23)31)21-14-10-9-11-15-21/h9-11,14-15,17-18,24,30-31H,3-8,12-13,16,19-20H2,1-2H3. The third kappa shape index (κ3) is 5.83. The molecular formula is C27H38N2O3. The summed E-state index contributed by atoms with van der Waals surface area (Å²) in [5, 5.41) is 21.2. The number of unbranched alkanes of at least 4 members (excludes halogenated alkanes) is 6. The summed E-state index contributed by atoms with van der Waals surface area (Å²) in [5.74, 6) is -0.851. The van der Waals surface area contributed by atoms with Crippen molar-refractivity contribution in [2.45, 2.75) is 70.9 Å². The van der Waals surface area contributed by atoms with E-state index in [1.165, 1.54) is 38.5 Å². The Labute approximate surface area is 192 Å². The molecule has 0 spiro atoms. The van der Waals surface area contributed by atoms with Crippen molar-refractivity contribution >= 4 is 5.91 Å². The lowest BCUT2D eigenvalue weighted by Gasteiger charge is -2.33. The van der Waals surface area contributed by atoms with Gasteiger partial charge in [-0.05, 0) is 37.0 Å². The van der Waals surface area contributed by atoms with Crippen LogP contribution in [0.15, 0.2) is 42.5 Å². The fourth-order valence-corrected chi connectivity index (χ4v) is 4.71. The number of nitrogens with zero attached hydrogens (tertiary/aromatic N) is 2. The Kier molecular flexibility index (Phi) is 8.98. The highest BCUT2D eigenvalue weighted by Crippen LogP contribution is 2.39. The molecule has 1 fully saturated rings. The molecule has 1 atom stereocenters. The highest BCUT2D eigenvalue weighted by molar-refractivity contribution is 5.99.